The van der Waals surface area contributed by atoms with Gasteiger partial charge in [0.25, 0.3) is 0 Å². The Bertz CT molecular complexity index is 321. The van der Waals surface area contributed by atoms with Gasteiger partial charge in [0.2, 0.25) is 0 Å². The van der Waals surface area contributed by atoms with Crippen LogP contribution in [0, 0.1) is 0 Å². The number of aliphatic hydroxyl groups is 2. The van der Waals surface area contributed by atoms with Crippen molar-refractivity contribution in [1.82, 2.24) is 0 Å². The fourth-order valence-electron chi connectivity index (χ4n) is 2.26. The zero-order valence-electron chi connectivity index (χ0n) is 14.6. The van der Waals surface area contributed by atoms with Crippen molar-refractivity contribution >= 4 is 5.97 Å². The van der Waals surface area contributed by atoms with Gasteiger partial charge in [-0.25, -0.2) is 0 Å². The number of esters is 1. The van der Waals surface area contributed by atoms with Crippen LogP contribution < -0.4 is 0 Å². The summed E-state index contributed by atoms with van der Waals surface area (Å²) in [6.07, 6.45) is 21.7. The maximum absolute atomic E-state index is 11.0. The van der Waals surface area contributed by atoms with Crippen molar-refractivity contribution in [3.05, 3.63) is 24.3 Å². The van der Waals surface area contributed by atoms with Crippen LogP contribution >= 0.6 is 0 Å². The molecule has 0 aromatic heterocycles. The molecule has 0 bridgehead atoms. The maximum Gasteiger partial charge on any atom is 0.313 e. The molecule has 0 radical (unpaired) electrons. The van der Waals surface area contributed by atoms with Crippen molar-refractivity contribution in [2.75, 3.05) is 0 Å². The predicted molar refractivity (Wildman–Crippen MR) is 93.7 cm³/mol. The molecule has 0 spiro atoms. The lowest BCUT2D eigenvalue weighted by Crippen LogP contribution is -2.16. The van der Waals surface area contributed by atoms with E-state index in [1.807, 2.05) is 0 Å². The van der Waals surface area contributed by atoms with Crippen molar-refractivity contribution in [2.45, 2.75) is 90.4 Å². The molecule has 0 aliphatic carbocycles. The third-order valence-corrected chi connectivity index (χ3v) is 3.57. The molecule has 4 heteroatoms. The lowest BCUT2D eigenvalue weighted by molar-refractivity contribution is -0.229. The van der Waals surface area contributed by atoms with Crippen LogP contribution in [0.2, 0.25) is 0 Å². The molecule has 0 heterocycles. The third-order valence-electron chi connectivity index (χ3n) is 3.57. The molecule has 0 rings (SSSR count). The molecule has 0 amide bonds. The number of hydrogen-bond acceptors (Lipinski definition) is 4. The zero-order valence-corrected chi connectivity index (χ0v) is 14.6. The van der Waals surface area contributed by atoms with E-state index >= 15 is 0 Å². The average Bonchev–Trinajstić information content (AvgIpc) is 2.50. The smallest absolute Gasteiger partial charge is 0.313 e. The molecule has 0 atom stereocenters. The molecule has 0 saturated heterocycles. The van der Waals surface area contributed by atoms with Crippen molar-refractivity contribution in [3.63, 3.8) is 0 Å². The van der Waals surface area contributed by atoms with E-state index in [-0.39, 0.29) is 6.42 Å². The first kappa shape index (κ1) is 21.9. The standard InChI is InChI=1S/C19H34O4/c1-2-3-4-5-6-7-8-9-10-11-12-13-14-15-16-17-18(20)23-19(21)22/h6-7,9-10,19,21-22H,2-5,8,11-17H2,1H3/b7-6-,10-9-. The van der Waals surface area contributed by atoms with Crippen LogP contribution in [-0.4, -0.2) is 22.7 Å². The predicted octanol–water partition coefficient (Wildman–Crippen LogP) is 4.61. The van der Waals surface area contributed by atoms with Gasteiger partial charge in [0, 0.05) is 6.42 Å². The van der Waals surface area contributed by atoms with Gasteiger partial charge < -0.3 is 14.9 Å². The second-order valence-corrected chi connectivity index (χ2v) is 5.80. The largest absolute Gasteiger partial charge is 0.411 e. The van der Waals surface area contributed by atoms with Gasteiger partial charge in [0.05, 0.1) is 0 Å². The lowest BCUT2D eigenvalue weighted by atomic mass is 10.1. The van der Waals surface area contributed by atoms with E-state index in [0.29, 0.717) is 0 Å². The molecular weight excluding hydrogens is 292 g/mol. The first-order chi connectivity index (χ1) is 11.2. The molecule has 23 heavy (non-hydrogen) atoms. The Morgan fingerprint density at radius 3 is 2.04 bits per heavy atom. The minimum atomic E-state index is -1.99. The van der Waals surface area contributed by atoms with Gasteiger partial charge in [-0.2, -0.15) is 0 Å². The van der Waals surface area contributed by atoms with Crippen molar-refractivity contribution in [1.29, 1.82) is 0 Å². The molecule has 0 aromatic carbocycles. The summed E-state index contributed by atoms with van der Waals surface area (Å²) in [6, 6.07) is 0. The van der Waals surface area contributed by atoms with E-state index < -0.39 is 12.4 Å². The summed E-state index contributed by atoms with van der Waals surface area (Å²) < 4.78 is 4.23. The van der Waals surface area contributed by atoms with E-state index in [2.05, 4.69) is 36.0 Å². The first-order valence-corrected chi connectivity index (χ1v) is 9.02. The Hall–Kier alpha value is -1.13. The molecular formula is C19H34O4. The van der Waals surface area contributed by atoms with E-state index in [9.17, 15) is 4.79 Å². The number of ether oxygens (including phenoxy) is 1. The summed E-state index contributed by atoms with van der Waals surface area (Å²) in [6.45, 7) is 0.240. The summed E-state index contributed by atoms with van der Waals surface area (Å²) in [5.74, 6) is -0.550. The Labute approximate surface area is 141 Å². The Morgan fingerprint density at radius 1 is 0.870 bits per heavy atom. The summed E-state index contributed by atoms with van der Waals surface area (Å²) in [7, 11) is 0. The van der Waals surface area contributed by atoms with Gasteiger partial charge in [-0.05, 0) is 38.5 Å². The Kier molecular flexibility index (Phi) is 16.4. The summed E-state index contributed by atoms with van der Waals surface area (Å²) >= 11 is 0. The van der Waals surface area contributed by atoms with E-state index in [0.717, 1.165) is 38.5 Å². The Morgan fingerprint density at radius 2 is 1.43 bits per heavy atom. The van der Waals surface area contributed by atoms with Crippen molar-refractivity contribution in [2.24, 2.45) is 0 Å². The van der Waals surface area contributed by atoms with E-state index in [1.54, 1.807) is 0 Å². The number of aliphatic hydroxyl groups excluding tert-OH is 1. The fraction of sp³-hybridized carbons (Fsp3) is 0.737. The highest BCUT2D eigenvalue weighted by Crippen LogP contribution is 2.08. The number of carbonyl (C=O) groups excluding carboxylic acids is 1. The molecule has 0 unspecified atom stereocenters. The highest BCUT2D eigenvalue weighted by atomic mass is 16.7. The number of carbonyl (C=O) groups is 1. The molecule has 0 fully saturated rings. The number of allylic oxidation sites excluding steroid dienone is 4. The summed E-state index contributed by atoms with van der Waals surface area (Å²) in [4.78, 5) is 11.0. The quantitative estimate of drug-likeness (QED) is 0.199. The Balaban J connectivity index is 3.26. The molecule has 0 aliphatic rings. The second kappa shape index (κ2) is 17.2. The van der Waals surface area contributed by atoms with Gasteiger partial charge in [-0.3, -0.25) is 4.79 Å². The van der Waals surface area contributed by atoms with Crippen LogP contribution in [-0.2, 0) is 9.53 Å². The van der Waals surface area contributed by atoms with Gasteiger partial charge in [-0.15, -0.1) is 0 Å². The molecule has 0 aromatic rings. The molecule has 2 N–H and O–H groups in total. The monoisotopic (exact) mass is 326 g/mol. The number of unbranched alkanes of at least 4 members (excludes halogenated alkanes) is 8. The van der Waals surface area contributed by atoms with Crippen LogP contribution in [0.5, 0.6) is 0 Å². The van der Waals surface area contributed by atoms with Crippen LogP contribution in [0.4, 0.5) is 0 Å². The number of rotatable bonds is 15. The van der Waals surface area contributed by atoms with Gasteiger partial charge >= 0.3 is 12.4 Å². The summed E-state index contributed by atoms with van der Waals surface area (Å²) in [5, 5.41) is 16.9. The van der Waals surface area contributed by atoms with Crippen molar-refractivity contribution < 1.29 is 19.7 Å². The maximum atomic E-state index is 11.0. The SMILES string of the molecule is CCCCC/C=C\C/C=C\CCCCCCCC(=O)OC(O)O. The third kappa shape index (κ3) is 18.8. The highest BCUT2D eigenvalue weighted by Gasteiger charge is 2.06. The van der Waals surface area contributed by atoms with Crippen molar-refractivity contribution in [3.8, 4) is 0 Å². The number of hydrogen-bond donors (Lipinski definition) is 2. The first-order valence-electron chi connectivity index (χ1n) is 9.02. The normalized spacial score (nSPS) is 11.8. The van der Waals surface area contributed by atoms with Gasteiger partial charge in [0.1, 0.15) is 0 Å². The summed E-state index contributed by atoms with van der Waals surface area (Å²) in [5.41, 5.74) is 0. The van der Waals surface area contributed by atoms with Crippen LogP contribution in [0.1, 0.15) is 84.0 Å². The van der Waals surface area contributed by atoms with E-state index in [4.69, 9.17) is 10.2 Å². The van der Waals surface area contributed by atoms with Crippen LogP contribution in [0.3, 0.4) is 0 Å². The highest BCUT2D eigenvalue weighted by molar-refractivity contribution is 5.69. The topological polar surface area (TPSA) is 66.8 Å². The minimum Gasteiger partial charge on any atom is -0.411 e. The van der Waals surface area contributed by atoms with Gasteiger partial charge in [0.15, 0.2) is 0 Å². The molecule has 0 saturated carbocycles. The second-order valence-electron chi connectivity index (χ2n) is 5.80. The van der Waals surface area contributed by atoms with Gasteiger partial charge in [-0.1, -0.05) is 63.3 Å². The molecule has 0 aliphatic heterocycles. The van der Waals surface area contributed by atoms with E-state index in [1.165, 1.54) is 32.1 Å². The lowest BCUT2D eigenvalue weighted by Gasteiger charge is -2.05. The fourth-order valence-corrected chi connectivity index (χ4v) is 2.26. The molecule has 4 nitrogen and oxygen atoms in total. The molecule has 134 valence electrons. The minimum absolute atomic E-state index is 0.252. The average molecular weight is 326 g/mol. The zero-order chi connectivity index (χ0) is 17.2. The van der Waals surface area contributed by atoms with Crippen LogP contribution in [0.15, 0.2) is 24.3 Å². The van der Waals surface area contributed by atoms with Crippen LogP contribution in [0.25, 0.3) is 0 Å².